The van der Waals surface area contributed by atoms with Gasteiger partial charge in [-0.05, 0) is 22.0 Å². The number of anilines is 1. The van der Waals surface area contributed by atoms with Crippen LogP contribution in [0.3, 0.4) is 0 Å². The molecular formula is C11H11BrN2O3. The maximum atomic E-state index is 11.1. The average Bonchev–Trinajstić information content (AvgIpc) is 2.30. The molecule has 0 bridgehead atoms. The van der Waals surface area contributed by atoms with Gasteiger partial charge in [-0.3, -0.25) is 14.9 Å². The van der Waals surface area contributed by atoms with Crippen LogP contribution in [0.15, 0.2) is 22.7 Å². The van der Waals surface area contributed by atoms with Crippen LogP contribution in [-0.2, 0) is 4.79 Å². The number of nitrogens with zero attached hydrogens (tertiary/aromatic N) is 2. The van der Waals surface area contributed by atoms with E-state index in [0.717, 1.165) is 5.69 Å². The first-order chi connectivity index (χ1) is 8.08. The van der Waals surface area contributed by atoms with E-state index in [1.165, 1.54) is 12.1 Å². The minimum absolute atomic E-state index is 0.0636. The zero-order valence-corrected chi connectivity index (χ0v) is 10.6. The fourth-order valence-corrected chi connectivity index (χ4v) is 2.48. The molecule has 0 aliphatic carbocycles. The molecule has 0 saturated carbocycles. The summed E-state index contributed by atoms with van der Waals surface area (Å²) < 4.78 is 0.695. The Morgan fingerprint density at radius 1 is 1.29 bits per heavy atom. The molecule has 5 nitrogen and oxygen atoms in total. The molecule has 0 amide bonds. The minimum atomic E-state index is -0.422. The predicted octanol–water partition coefficient (Wildman–Crippen LogP) is 2.53. The summed E-state index contributed by atoms with van der Waals surface area (Å²) in [5.74, 6) is 0.277. The van der Waals surface area contributed by atoms with Crippen LogP contribution in [0.25, 0.3) is 0 Å². The van der Waals surface area contributed by atoms with Crippen molar-refractivity contribution in [3.05, 3.63) is 32.8 Å². The van der Waals surface area contributed by atoms with Gasteiger partial charge in [0.05, 0.1) is 10.6 Å². The van der Waals surface area contributed by atoms with E-state index in [2.05, 4.69) is 20.8 Å². The second-order valence-corrected chi connectivity index (χ2v) is 4.77. The van der Waals surface area contributed by atoms with Crippen LogP contribution >= 0.6 is 15.9 Å². The Hall–Kier alpha value is -1.43. The molecule has 0 radical (unpaired) electrons. The molecule has 2 rings (SSSR count). The van der Waals surface area contributed by atoms with Crippen molar-refractivity contribution in [3.8, 4) is 0 Å². The van der Waals surface area contributed by atoms with Crippen molar-refractivity contribution in [2.45, 2.75) is 12.8 Å². The van der Waals surface area contributed by atoms with Crippen LogP contribution in [0.2, 0.25) is 0 Å². The number of carbonyl (C=O) groups excluding carboxylic acids is 1. The number of piperidine rings is 1. The van der Waals surface area contributed by atoms with Crippen molar-refractivity contribution in [3.63, 3.8) is 0 Å². The number of non-ortho nitro benzene ring substituents is 1. The topological polar surface area (TPSA) is 63.5 Å². The Kier molecular flexibility index (Phi) is 3.42. The van der Waals surface area contributed by atoms with Crippen molar-refractivity contribution in [2.24, 2.45) is 0 Å². The summed E-state index contributed by atoms with van der Waals surface area (Å²) in [6, 6.07) is 4.69. The highest BCUT2D eigenvalue weighted by Crippen LogP contribution is 2.31. The molecule has 17 heavy (non-hydrogen) atoms. The molecule has 1 heterocycles. The van der Waals surface area contributed by atoms with Crippen LogP contribution in [0.5, 0.6) is 0 Å². The van der Waals surface area contributed by atoms with Gasteiger partial charge in [-0.1, -0.05) is 0 Å². The van der Waals surface area contributed by atoms with Gasteiger partial charge >= 0.3 is 0 Å². The molecule has 0 unspecified atom stereocenters. The molecule has 1 aromatic carbocycles. The van der Waals surface area contributed by atoms with Gasteiger partial charge in [0.2, 0.25) is 0 Å². The molecule has 90 valence electrons. The van der Waals surface area contributed by atoms with Crippen LogP contribution < -0.4 is 4.90 Å². The summed E-state index contributed by atoms with van der Waals surface area (Å²) in [5.41, 5.74) is 0.969. The van der Waals surface area contributed by atoms with Gasteiger partial charge in [0, 0.05) is 42.5 Å². The Balaban J connectivity index is 2.21. The largest absolute Gasteiger partial charge is 0.370 e. The third-order valence-corrected chi connectivity index (χ3v) is 3.44. The van der Waals surface area contributed by atoms with E-state index >= 15 is 0 Å². The van der Waals surface area contributed by atoms with Gasteiger partial charge in [-0.15, -0.1) is 0 Å². The first-order valence-corrected chi connectivity index (χ1v) is 6.08. The highest BCUT2D eigenvalue weighted by atomic mass is 79.9. The zero-order chi connectivity index (χ0) is 12.4. The van der Waals surface area contributed by atoms with E-state index in [0.29, 0.717) is 30.4 Å². The van der Waals surface area contributed by atoms with Crippen molar-refractivity contribution in [2.75, 3.05) is 18.0 Å². The van der Waals surface area contributed by atoms with Gasteiger partial charge in [0.25, 0.3) is 5.69 Å². The number of halogens is 1. The SMILES string of the molecule is O=C1CCN(c2ccc([N+](=O)[O-])cc2Br)CC1. The van der Waals surface area contributed by atoms with Crippen molar-refractivity contribution in [1.29, 1.82) is 0 Å². The molecule has 0 aromatic heterocycles. The highest BCUT2D eigenvalue weighted by Gasteiger charge is 2.19. The molecule has 1 aromatic rings. The maximum absolute atomic E-state index is 11.1. The van der Waals surface area contributed by atoms with E-state index in [1.54, 1.807) is 6.07 Å². The highest BCUT2D eigenvalue weighted by molar-refractivity contribution is 9.10. The summed E-state index contributed by atoms with van der Waals surface area (Å²) in [6.07, 6.45) is 1.09. The minimum Gasteiger partial charge on any atom is -0.370 e. The van der Waals surface area contributed by atoms with Crippen molar-refractivity contribution in [1.82, 2.24) is 0 Å². The Morgan fingerprint density at radius 3 is 2.47 bits per heavy atom. The molecule has 6 heteroatoms. The number of hydrogen-bond donors (Lipinski definition) is 0. The number of nitro groups is 1. The fraction of sp³-hybridized carbons (Fsp3) is 0.364. The van der Waals surface area contributed by atoms with Gasteiger partial charge in [-0.25, -0.2) is 0 Å². The first-order valence-electron chi connectivity index (χ1n) is 5.28. The van der Waals surface area contributed by atoms with E-state index in [9.17, 15) is 14.9 Å². The van der Waals surface area contributed by atoms with Gasteiger partial charge in [-0.2, -0.15) is 0 Å². The number of ketones is 1. The molecular weight excluding hydrogens is 288 g/mol. The number of Topliss-reactive ketones (excluding diaryl/α,β-unsaturated/α-hetero) is 1. The third kappa shape index (κ3) is 2.63. The summed E-state index contributed by atoms with van der Waals surface area (Å²) in [5, 5.41) is 10.6. The Morgan fingerprint density at radius 2 is 1.94 bits per heavy atom. The van der Waals surface area contributed by atoms with E-state index in [4.69, 9.17) is 0 Å². The summed E-state index contributed by atoms with van der Waals surface area (Å²) >= 11 is 3.34. The summed E-state index contributed by atoms with van der Waals surface area (Å²) in [7, 11) is 0. The Labute approximate surface area is 107 Å². The lowest BCUT2D eigenvalue weighted by atomic mass is 10.1. The average molecular weight is 299 g/mol. The lowest BCUT2D eigenvalue weighted by Crippen LogP contribution is -2.33. The van der Waals surface area contributed by atoms with Crippen LogP contribution in [0, 0.1) is 10.1 Å². The number of carbonyl (C=O) groups is 1. The normalized spacial score (nSPS) is 16.1. The zero-order valence-electron chi connectivity index (χ0n) is 9.06. The molecule has 0 spiro atoms. The fourth-order valence-electron chi connectivity index (χ4n) is 1.86. The van der Waals surface area contributed by atoms with E-state index in [-0.39, 0.29) is 11.5 Å². The van der Waals surface area contributed by atoms with E-state index in [1.807, 2.05) is 0 Å². The standard InChI is InChI=1S/C11H11BrN2O3/c12-10-7-8(14(16)17)1-2-11(10)13-5-3-9(15)4-6-13/h1-2,7H,3-6H2. The lowest BCUT2D eigenvalue weighted by Gasteiger charge is -2.28. The third-order valence-electron chi connectivity index (χ3n) is 2.80. The summed E-state index contributed by atoms with van der Waals surface area (Å²) in [6.45, 7) is 1.35. The second-order valence-electron chi connectivity index (χ2n) is 3.92. The van der Waals surface area contributed by atoms with E-state index < -0.39 is 4.92 Å². The monoisotopic (exact) mass is 298 g/mol. The smallest absolute Gasteiger partial charge is 0.270 e. The molecule has 0 atom stereocenters. The van der Waals surface area contributed by atoms with Gasteiger partial charge in [0.1, 0.15) is 5.78 Å². The Bertz CT molecular complexity index is 466. The van der Waals surface area contributed by atoms with Gasteiger partial charge < -0.3 is 4.90 Å². The molecule has 0 N–H and O–H groups in total. The molecule has 1 aliphatic heterocycles. The quantitative estimate of drug-likeness (QED) is 0.622. The number of hydrogen-bond acceptors (Lipinski definition) is 4. The lowest BCUT2D eigenvalue weighted by molar-refractivity contribution is -0.384. The van der Waals surface area contributed by atoms with Crippen molar-refractivity contribution < 1.29 is 9.72 Å². The number of rotatable bonds is 2. The van der Waals surface area contributed by atoms with Gasteiger partial charge in [0.15, 0.2) is 0 Å². The van der Waals surface area contributed by atoms with Crippen LogP contribution in [0.4, 0.5) is 11.4 Å². The van der Waals surface area contributed by atoms with Crippen LogP contribution in [0.1, 0.15) is 12.8 Å². The number of nitro benzene ring substituents is 1. The first kappa shape index (κ1) is 12.0. The maximum Gasteiger partial charge on any atom is 0.270 e. The predicted molar refractivity (Wildman–Crippen MR) is 67.3 cm³/mol. The molecule has 1 saturated heterocycles. The summed E-state index contributed by atoms with van der Waals surface area (Å²) in [4.78, 5) is 23.4. The number of benzene rings is 1. The van der Waals surface area contributed by atoms with Crippen LogP contribution in [-0.4, -0.2) is 23.8 Å². The molecule has 1 aliphatic rings. The van der Waals surface area contributed by atoms with Crippen molar-refractivity contribution >= 4 is 33.1 Å². The second kappa shape index (κ2) is 4.83. The molecule has 1 fully saturated rings.